The number of hydrogen-bond acceptors (Lipinski definition) is 3. The predicted molar refractivity (Wildman–Crippen MR) is 75.1 cm³/mol. The number of benzene rings is 1. The van der Waals surface area contributed by atoms with Crippen molar-refractivity contribution in [2.24, 2.45) is 7.05 Å². The van der Waals surface area contributed by atoms with E-state index in [0.717, 1.165) is 37.6 Å². The first-order valence-electron chi connectivity index (χ1n) is 6.87. The Balaban J connectivity index is 2.14. The number of nitrogens with zero attached hydrogens (tertiary/aromatic N) is 3. The molecule has 1 saturated heterocycles. The molecule has 0 spiro atoms. The molecule has 0 bridgehead atoms. The summed E-state index contributed by atoms with van der Waals surface area (Å²) in [6.07, 6.45) is 2.14. The number of aromatic nitrogens is 3. The van der Waals surface area contributed by atoms with Crippen LogP contribution in [-0.2, 0) is 12.5 Å². The van der Waals surface area contributed by atoms with Crippen molar-refractivity contribution in [3.63, 3.8) is 0 Å². The minimum atomic E-state index is 0.00250. The zero-order chi connectivity index (χ0) is 13.3. The van der Waals surface area contributed by atoms with Crippen LogP contribution in [0.4, 0.5) is 0 Å². The van der Waals surface area contributed by atoms with Gasteiger partial charge < -0.3 is 9.88 Å². The topological polar surface area (TPSA) is 42.7 Å². The van der Waals surface area contributed by atoms with E-state index in [2.05, 4.69) is 57.5 Å². The van der Waals surface area contributed by atoms with Crippen molar-refractivity contribution in [2.75, 3.05) is 13.1 Å². The first-order chi connectivity index (χ1) is 9.24. The Morgan fingerprint density at radius 1 is 1.11 bits per heavy atom. The van der Waals surface area contributed by atoms with Gasteiger partial charge in [-0.05, 0) is 38.4 Å². The maximum atomic E-state index is 4.47. The van der Waals surface area contributed by atoms with Crippen LogP contribution in [0.2, 0.25) is 0 Å². The smallest absolute Gasteiger partial charge is 0.143 e. The molecule has 3 rings (SSSR count). The Morgan fingerprint density at radius 2 is 1.79 bits per heavy atom. The zero-order valence-electron chi connectivity index (χ0n) is 11.6. The molecule has 1 aliphatic rings. The molecule has 2 aromatic rings. The highest BCUT2D eigenvalue weighted by molar-refractivity contribution is 5.34. The molecular formula is C15H20N4. The molecule has 0 atom stereocenters. The molecule has 4 heteroatoms. The van der Waals surface area contributed by atoms with Gasteiger partial charge in [0.1, 0.15) is 11.6 Å². The van der Waals surface area contributed by atoms with Gasteiger partial charge in [0.2, 0.25) is 0 Å². The third-order valence-electron chi connectivity index (χ3n) is 4.30. The van der Waals surface area contributed by atoms with Crippen molar-refractivity contribution < 1.29 is 0 Å². The molecule has 0 amide bonds. The lowest BCUT2D eigenvalue weighted by Gasteiger charge is -2.37. The Kier molecular flexibility index (Phi) is 3.11. The summed E-state index contributed by atoms with van der Waals surface area (Å²) in [5, 5.41) is 12.2. The highest BCUT2D eigenvalue weighted by atomic mass is 15.3. The van der Waals surface area contributed by atoms with Gasteiger partial charge in [-0.1, -0.05) is 30.3 Å². The molecule has 0 saturated carbocycles. The van der Waals surface area contributed by atoms with Crippen molar-refractivity contribution in [2.45, 2.75) is 25.2 Å². The summed E-state index contributed by atoms with van der Waals surface area (Å²) >= 11 is 0. The van der Waals surface area contributed by atoms with Crippen molar-refractivity contribution in [1.29, 1.82) is 0 Å². The van der Waals surface area contributed by atoms with Crippen LogP contribution < -0.4 is 5.32 Å². The largest absolute Gasteiger partial charge is 0.318 e. The van der Waals surface area contributed by atoms with Gasteiger partial charge in [0.25, 0.3) is 0 Å². The van der Waals surface area contributed by atoms with E-state index in [1.165, 1.54) is 5.56 Å². The molecule has 100 valence electrons. The van der Waals surface area contributed by atoms with Crippen LogP contribution in [0.3, 0.4) is 0 Å². The molecule has 0 unspecified atom stereocenters. The number of rotatable bonds is 2. The highest BCUT2D eigenvalue weighted by Gasteiger charge is 2.39. The van der Waals surface area contributed by atoms with Crippen LogP contribution in [0.25, 0.3) is 0 Å². The predicted octanol–water partition coefficient (Wildman–Crippen LogP) is 1.79. The lowest BCUT2D eigenvalue weighted by atomic mass is 9.72. The Labute approximate surface area is 113 Å². The third kappa shape index (κ3) is 1.96. The lowest BCUT2D eigenvalue weighted by Crippen LogP contribution is -2.42. The summed E-state index contributed by atoms with van der Waals surface area (Å²) in [5.74, 6) is 2.07. The number of aryl methyl sites for hydroxylation is 1. The molecule has 2 heterocycles. The fourth-order valence-corrected chi connectivity index (χ4v) is 3.08. The second kappa shape index (κ2) is 4.78. The minimum Gasteiger partial charge on any atom is -0.318 e. The van der Waals surface area contributed by atoms with Crippen LogP contribution in [0, 0.1) is 6.92 Å². The third-order valence-corrected chi connectivity index (χ3v) is 4.30. The van der Waals surface area contributed by atoms with Crippen LogP contribution in [-0.4, -0.2) is 27.9 Å². The molecule has 0 radical (unpaired) electrons. The average Bonchev–Trinajstić information content (AvgIpc) is 2.81. The average molecular weight is 256 g/mol. The summed E-state index contributed by atoms with van der Waals surface area (Å²) in [6, 6.07) is 10.7. The number of piperidine rings is 1. The summed E-state index contributed by atoms with van der Waals surface area (Å²) in [7, 11) is 2.07. The van der Waals surface area contributed by atoms with Gasteiger partial charge in [-0.3, -0.25) is 0 Å². The Hall–Kier alpha value is -1.68. The molecule has 1 aromatic carbocycles. The quantitative estimate of drug-likeness (QED) is 0.891. The molecule has 0 aliphatic carbocycles. The summed E-state index contributed by atoms with van der Waals surface area (Å²) < 4.78 is 2.14. The van der Waals surface area contributed by atoms with E-state index >= 15 is 0 Å². The van der Waals surface area contributed by atoms with Crippen LogP contribution in [0.5, 0.6) is 0 Å². The second-order valence-corrected chi connectivity index (χ2v) is 5.33. The van der Waals surface area contributed by atoms with Crippen molar-refractivity contribution in [3.05, 3.63) is 47.5 Å². The first-order valence-corrected chi connectivity index (χ1v) is 6.87. The molecule has 19 heavy (non-hydrogen) atoms. The zero-order valence-corrected chi connectivity index (χ0v) is 11.6. The van der Waals surface area contributed by atoms with E-state index in [0.29, 0.717) is 0 Å². The van der Waals surface area contributed by atoms with Gasteiger partial charge in [0.15, 0.2) is 0 Å². The molecule has 4 nitrogen and oxygen atoms in total. The van der Waals surface area contributed by atoms with Crippen molar-refractivity contribution in [3.8, 4) is 0 Å². The molecular weight excluding hydrogens is 236 g/mol. The maximum absolute atomic E-state index is 4.47. The summed E-state index contributed by atoms with van der Waals surface area (Å²) in [6.45, 7) is 4.07. The van der Waals surface area contributed by atoms with Gasteiger partial charge in [-0.25, -0.2) is 0 Å². The molecule has 1 fully saturated rings. The SMILES string of the molecule is Cc1nnc(C2(c3ccccc3)CCNCC2)n1C. The van der Waals surface area contributed by atoms with E-state index in [-0.39, 0.29) is 5.41 Å². The van der Waals surface area contributed by atoms with E-state index in [1.807, 2.05) is 6.92 Å². The molecule has 1 N–H and O–H groups in total. The van der Waals surface area contributed by atoms with Gasteiger partial charge in [-0.2, -0.15) is 0 Å². The Bertz CT molecular complexity index is 553. The van der Waals surface area contributed by atoms with E-state index in [4.69, 9.17) is 0 Å². The number of hydrogen-bond donors (Lipinski definition) is 1. The summed E-state index contributed by atoms with van der Waals surface area (Å²) in [5.41, 5.74) is 1.36. The monoisotopic (exact) mass is 256 g/mol. The van der Waals surface area contributed by atoms with Gasteiger partial charge in [0, 0.05) is 7.05 Å². The van der Waals surface area contributed by atoms with E-state index in [1.54, 1.807) is 0 Å². The van der Waals surface area contributed by atoms with Gasteiger partial charge in [0.05, 0.1) is 5.41 Å². The fourth-order valence-electron chi connectivity index (χ4n) is 3.08. The standard InChI is InChI=1S/C15H20N4/c1-12-17-18-14(19(12)2)15(8-10-16-11-9-15)13-6-4-3-5-7-13/h3-7,16H,8-11H2,1-2H3. The van der Waals surface area contributed by atoms with Crippen LogP contribution >= 0.6 is 0 Å². The van der Waals surface area contributed by atoms with Crippen LogP contribution in [0.15, 0.2) is 30.3 Å². The molecule has 1 aliphatic heterocycles. The van der Waals surface area contributed by atoms with E-state index < -0.39 is 0 Å². The van der Waals surface area contributed by atoms with Gasteiger partial charge >= 0.3 is 0 Å². The van der Waals surface area contributed by atoms with E-state index in [9.17, 15) is 0 Å². The minimum absolute atomic E-state index is 0.00250. The number of nitrogens with one attached hydrogen (secondary N) is 1. The normalized spacial score (nSPS) is 18.4. The second-order valence-electron chi connectivity index (χ2n) is 5.33. The maximum Gasteiger partial charge on any atom is 0.143 e. The highest BCUT2D eigenvalue weighted by Crippen LogP contribution is 2.38. The van der Waals surface area contributed by atoms with Crippen molar-refractivity contribution >= 4 is 0 Å². The Morgan fingerprint density at radius 3 is 2.37 bits per heavy atom. The van der Waals surface area contributed by atoms with Crippen LogP contribution in [0.1, 0.15) is 30.1 Å². The van der Waals surface area contributed by atoms with Crippen molar-refractivity contribution in [1.82, 2.24) is 20.1 Å². The van der Waals surface area contributed by atoms with Gasteiger partial charge in [-0.15, -0.1) is 10.2 Å². The molecule has 1 aromatic heterocycles. The fraction of sp³-hybridized carbons (Fsp3) is 0.467. The summed E-state index contributed by atoms with van der Waals surface area (Å²) in [4.78, 5) is 0. The lowest BCUT2D eigenvalue weighted by molar-refractivity contribution is 0.337. The first kappa shape index (κ1) is 12.4.